The number of methoxy groups -OCH3 is 1. The van der Waals surface area contributed by atoms with Gasteiger partial charge in [0.25, 0.3) is 0 Å². The van der Waals surface area contributed by atoms with Crippen molar-refractivity contribution in [2.45, 2.75) is 25.8 Å². The van der Waals surface area contributed by atoms with E-state index in [0.717, 1.165) is 34.8 Å². The van der Waals surface area contributed by atoms with Crippen molar-refractivity contribution in [1.82, 2.24) is 24.8 Å². The molecule has 0 radical (unpaired) electrons. The maximum atomic E-state index is 12.7. The number of aromatic amines is 1. The number of amides is 1. The van der Waals surface area contributed by atoms with E-state index in [4.69, 9.17) is 21.5 Å². The van der Waals surface area contributed by atoms with Crippen LogP contribution < -0.4 is 4.74 Å². The Morgan fingerprint density at radius 2 is 1.91 bits per heavy atom. The van der Waals surface area contributed by atoms with Crippen LogP contribution in [0.25, 0.3) is 22.6 Å². The normalized spacial score (nSPS) is 10.9. The van der Waals surface area contributed by atoms with Crippen LogP contribution in [0.4, 0.5) is 0 Å². The number of carbonyl (C=O) groups is 1. The molecule has 1 amide bonds. The van der Waals surface area contributed by atoms with Crippen molar-refractivity contribution in [3.8, 4) is 28.4 Å². The zero-order valence-electron chi connectivity index (χ0n) is 19.2. The second-order valence-corrected chi connectivity index (χ2v) is 8.33. The van der Waals surface area contributed by atoms with Crippen LogP contribution in [0.2, 0.25) is 0 Å². The number of hydrogen-bond acceptors (Lipinski definition) is 6. The van der Waals surface area contributed by atoms with Crippen molar-refractivity contribution in [3.05, 3.63) is 71.2 Å². The van der Waals surface area contributed by atoms with E-state index < -0.39 is 0 Å². The van der Waals surface area contributed by atoms with Crippen LogP contribution in [-0.4, -0.2) is 51.4 Å². The van der Waals surface area contributed by atoms with Gasteiger partial charge in [0.15, 0.2) is 10.6 Å². The predicted molar refractivity (Wildman–Crippen MR) is 132 cm³/mol. The number of nitrogens with one attached hydrogen (secondary N) is 1. The first-order chi connectivity index (χ1) is 16.5. The second-order valence-electron chi connectivity index (χ2n) is 7.95. The van der Waals surface area contributed by atoms with Gasteiger partial charge in [-0.25, -0.2) is 0 Å². The molecule has 0 fully saturated rings. The predicted octanol–water partition coefficient (Wildman–Crippen LogP) is 4.75. The van der Waals surface area contributed by atoms with Gasteiger partial charge >= 0.3 is 0 Å². The van der Waals surface area contributed by atoms with Gasteiger partial charge in [-0.2, -0.15) is 5.10 Å². The zero-order valence-corrected chi connectivity index (χ0v) is 20.0. The Labute approximate surface area is 203 Å². The minimum atomic E-state index is 0.0475. The highest BCUT2D eigenvalue weighted by atomic mass is 32.1. The standard InChI is InChI=1S/C25H27N5O3S/c1-29(15-6-9-21-17-22(28-33-21)18-7-4-3-5-8-18)23(31)14-16-30-24(26-27-25(30)34)19-10-12-20(32-2)13-11-19/h3-5,7-8,10-13,17H,6,9,14-16H2,1-2H3,(H,27,34). The first kappa shape index (κ1) is 23.4. The molecule has 8 nitrogen and oxygen atoms in total. The summed E-state index contributed by atoms with van der Waals surface area (Å²) in [6, 6.07) is 19.4. The van der Waals surface area contributed by atoms with Crippen molar-refractivity contribution < 1.29 is 14.1 Å². The lowest BCUT2D eigenvalue weighted by Crippen LogP contribution is -2.28. The smallest absolute Gasteiger partial charge is 0.224 e. The van der Waals surface area contributed by atoms with Crippen LogP contribution >= 0.6 is 12.2 Å². The average molecular weight is 478 g/mol. The highest BCUT2D eigenvalue weighted by molar-refractivity contribution is 7.71. The minimum absolute atomic E-state index is 0.0475. The molecule has 0 saturated carbocycles. The van der Waals surface area contributed by atoms with Crippen LogP contribution in [0, 0.1) is 4.77 Å². The molecule has 2 aromatic heterocycles. The van der Waals surface area contributed by atoms with Gasteiger partial charge in [0.05, 0.1) is 7.11 Å². The third kappa shape index (κ3) is 5.60. The van der Waals surface area contributed by atoms with Gasteiger partial charge < -0.3 is 14.2 Å². The van der Waals surface area contributed by atoms with E-state index in [1.807, 2.05) is 72.3 Å². The molecule has 0 aliphatic carbocycles. The largest absolute Gasteiger partial charge is 0.497 e. The van der Waals surface area contributed by atoms with E-state index in [2.05, 4.69) is 15.4 Å². The van der Waals surface area contributed by atoms with E-state index in [1.54, 1.807) is 12.0 Å². The molecular weight excluding hydrogens is 450 g/mol. The van der Waals surface area contributed by atoms with Crippen LogP contribution in [0.1, 0.15) is 18.6 Å². The Balaban J connectivity index is 1.28. The molecular formula is C25H27N5O3S. The second kappa shape index (κ2) is 10.9. The lowest BCUT2D eigenvalue weighted by Gasteiger charge is -2.17. The molecule has 4 aromatic rings. The number of nitrogens with zero attached hydrogens (tertiary/aromatic N) is 4. The molecule has 2 aromatic carbocycles. The first-order valence-electron chi connectivity index (χ1n) is 11.1. The molecule has 0 atom stereocenters. The van der Waals surface area contributed by atoms with E-state index in [1.165, 1.54) is 0 Å². The Kier molecular flexibility index (Phi) is 7.54. The number of aromatic nitrogens is 4. The summed E-state index contributed by atoms with van der Waals surface area (Å²) in [6.07, 6.45) is 1.83. The van der Waals surface area contributed by atoms with Gasteiger partial charge in [0.2, 0.25) is 5.91 Å². The van der Waals surface area contributed by atoms with Gasteiger partial charge in [-0.1, -0.05) is 35.5 Å². The molecule has 1 N–H and O–H groups in total. The van der Waals surface area contributed by atoms with Crippen molar-refractivity contribution >= 4 is 18.1 Å². The highest BCUT2D eigenvalue weighted by Crippen LogP contribution is 2.22. The van der Waals surface area contributed by atoms with Crippen LogP contribution in [-0.2, 0) is 17.8 Å². The molecule has 0 spiro atoms. The summed E-state index contributed by atoms with van der Waals surface area (Å²) in [5.41, 5.74) is 2.75. The summed E-state index contributed by atoms with van der Waals surface area (Å²) in [6.45, 7) is 1.07. The van der Waals surface area contributed by atoms with Crippen molar-refractivity contribution in [1.29, 1.82) is 0 Å². The van der Waals surface area contributed by atoms with Crippen LogP contribution in [0.15, 0.2) is 65.2 Å². The molecule has 0 aliphatic heterocycles. The van der Waals surface area contributed by atoms with Gasteiger partial charge in [0, 0.05) is 50.2 Å². The number of ether oxygens (including phenoxy) is 1. The fraction of sp³-hybridized carbons (Fsp3) is 0.280. The summed E-state index contributed by atoms with van der Waals surface area (Å²) >= 11 is 5.38. The van der Waals surface area contributed by atoms with Crippen LogP contribution in [0.5, 0.6) is 5.75 Å². The SMILES string of the molecule is COc1ccc(-c2n[nH]c(=S)n2CCC(=O)N(C)CCCc2cc(-c3ccccc3)no2)cc1. The maximum absolute atomic E-state index is 12.7. The Morgan fingerprint density at radius 3 is 2.65 bits per heavy atom. The molecule has 2 heterocycles. The van der Waals surface area contributed by atoms with E-state index in [9.17, 15) is 4.79 Å². The number of H-pyrrole nitrogens is 1. The number of rotatable bonds is 10. The van der Waals surface area contributed by atoms with E-state index in [-0.39, 0.29) is 5.91 Å². The molecule has 0 aliphatic rings. The molecule has 4 rings (SSSR count). The summed E-state index contributed by atoms with van der Waals surface area (Å²) in [5, 5.41) is 11.3. The molecule has 34 heavy (non-hydrogen) atoms. The molecule has 0 bridgehead atoms. The van der Waals surface area contributed by atoms with Gasteiger partial charge in [-0.05, 0) is 42.9 Å². The fourth-order valence-corrected chi connectivity index (χ4v) is 3.90. The highest BCUT2D eigenvalue weighted by Gasteiger charge is 2.14. The van der Waals surface area contributed by atoms with Crippen molar-refractivity contribution in [2.75, 3.05) is 20.7 Å². The lowest BCUT2D eigenvalue weighted by atomic mass is 10.1. The lowest BCUT2D eigenvalue weighted by molar-refractivity contribution is -0.130. The van der Waals surface area contributed by atoms with Crippen molar-refractivity contribution in [2.24, 2.45) is 0 Å². The fourth-order valence-electron chi connectivity index (χ4n) is 3.67. The Morgan fingerprint density at radius 1 is 1.15 bits per heavy atom. The van der Waals surface area contributed by atoms with Gasteiger partial charge in [-0.3, -0.25) is 14.5 Å². The van der Waals surface area contributed by atoms with Gasteiger partial charge in [-0.15, -0.1) is 0 Å². The summed E-state index contributed by atoms with van der Waals surface area (Å²) in [5.74, 6) is 2.32. The van der Waals surface area contributed by atoms with Crippen LogP contribution in [0.3, 0.4) is 0 Å². The summed E-state index contributed by atoms with van der Waals surface area (Å²) in [4.78, 5) is 14.4. The van der Waals surface area contributed by atoms with Gasteiger partial charge in [0.1, 0.15) is 17.2 Å². The minimum Gasteiger partial charge on any atom is -0.497 e. The first-order valence-corrected chi connectivity index (χ1v) is 11.5. The maximum Gasteiger partial charge on any atom is 0.224 e. The third-order valence-electron chi connectivity index (χ3n) is 5.63. The number of carbonyl (C=O) groups excluding carboxylic acids is 1. The molecule has 176 valence electrons. The van der Waals surface area contributed by atoms with Crippen molar-refractivity contribution in [3.63, 3.8) is 0 Å². The quantitative estimate of drug-likeness (QED) is 0.332. The monoisotopic (exact) mass is 477 g/mol. The Bertz CT molecular complexity index is 1280. The topological polar surface area (TPSA) is 89.2 Å². The summed E-state index contributed by atoms with van der Waals surface area (Å²) < 4.78 is 13.0. The Hall–Kier alpha value is -3.72. The number of hydrogen-bond donors (Lipinski definition) is 1. The van der Waals surface area contributed by atoms with E-state index in [0.29, 0.717) is 36.5 Å². The van der Waals surface area contributed by atoms with E-state index >= 15 is 0 Å². The molecule has 0 saturated heterocycles. The number of aryl methyl sites for hydroxylation is 1. The molecule has 9 heteroatoms. The number of benzene rings is 2. The summed E-state index contributed by atoms with van der Waals surface area (Å²) in [7, 11) is 3.44. The average Bonchev–Trinajstić information content (AvgIpc) is 3.49. The third-order valence-corrected chi connectivity index (χ3v) is 5.94. The zero-order chi connectivity index (χ0) is 23.9. The molecule has 0 unspecified atom stereocenters.